The molecule has 0 aliphatic carbocycles. The number of hydrogen-bond acceptors (Lipinski definition) is 3. The van der Waals surface area contributed by atoms with Gasteiger partial charge in [0.15, 0.2) is 0 Å². The molecule has 3 nitrogen and oxygen atoms in total. The average Bonchev–Trinajstić information content (AvgIpc) is 2.46. The van der Waals surface area contributed by atoms with E-state index in [1.54, 1.807) is 0 Å². The van der Waals surface area contributed by atoms with E-state index in [1.165, 1.54) is 11.3 Å². The van der Waals surface area contributed by atoms with E-state index in [4.69, 9.17) is 5.73 Å². The summed E-state index contributed by atoms with van der Waals surface area (Å²) in [5.74, 6) is 0. The van der Waals surface area contributed by atoms with Crippen LogP contribution in [0.1, 0.15) is 38.8 Å². The monoisotopic (exact) mass is 261 g/mol. The van der Waals surface area contributed by atoms with E-state index in [0.29, 0.717) is 6.04 Å². The molecule has 1 aliphatic rings. The van der Waals surface area contributed by atoms with Gasteiger partial charge < -0.3 is 10.6 Å². The molecule has 0 saturated carbocycles. The zero-order chi connectivity index (χ0) is 13.8. The highest BCUT2D eigenvalue weighted by Gasteiger charge is 2.18. The third kappa shape index (κ3) is 3.48. The maximum Gasteiger partial charge on any atom is 0.0367 e. The van der Waals surface area contributed by atoms with Crippen LogP contribution in [0.2, 0.25) is 0 Å². The summed E-state index contributed by atoms with van der Waals surface area (Å²) >= 11 is 0. The number of benzene rings is 1. The van der Waals surface area contributed by atoms with E-state index in [-0.39, 0.29) is 6.04 Å². The molecular formula is C16H27N3. The van der Waals surface area contributed by atoms with Crippen molar-refractivity contribution >= 4 is 5.69 Å². The largest absolute Gasteiger partial charge is 0.369 e. The second-order valence-corrected chi connectivity index (χ2v) is 5.72. The highest BCUT2D eigenvalue weighted by atomic mass is 15.3. The first-order valence-corrected chi connectivity index (χ1v) is 7.46. The van der Waals surface area contributed by atoms with Crippen LogP contribution in [0.4, 0.5) is 5.69 Å². The Morgan fingerprint density at radius 1 is 1.05 bits per heavy atom. The van der Waals surface area contributed by atoms with E-state index in [0.717, 1.165) is 32.6 Å². The Bertz CT molecular complexity index is 377. The second kappa shape index (κ2) is 6.40. The van der Waals surface area contributed by atoms with Gasteiger partial charge in [-0.25, -0.2) is 0 Å². The van der Waals surface area contributed by atoms with Crippen molar-refractivity contribution in [1.82, 2.24) is 4.90 Å². The molecule has 19 heavy (non-hydrogen) atoms. The predicted octanol–water partition coefficient (Wildman–Crippen LogP) is 2.63. The van der Waals surface area contributed by atoms with Gasteiger partial charge in [0, 0.05) is 44.0 Å². The Morgan fingerprint density at radius 2 is 1.63 bits per heavy atom. The maximum absolute atomic E-state index is 6.05. The quantitative estimate of drug-likeness (QED) is 0.904. The molecule has 3 heteroatoms. The van der Waals surface area contributed by atoms with Crippen LogP contribution in [0.5, 0.6) is 0 Å². The van der Waals surface area contributed by atoms with Crippen molar-refractivity contribution in [2.24, 2.45) is 5.73 Å². The number of nitrogens with zero attached hydrogens (tertiary/aromatic N) is 2. The summed E-state index contributed by atoms with van der Waals surface area (Å²) in [5.41, 5.74) is 8.63. The van der Waals surface area contributed by atoms with Crippen molar-refractivity contribution in [1.29, 1.82) is 0 Å². The lowest BCUT2D eigenvalue weighted by atomic mass is 10.0. The third-order valence-electron chi connectivity index (χ3n) is 4.17. The van der Waals surface area contributed by atoms with Crippen molar-refractivity contribution in [2.45, 2.75) is 39.3 Å². The molecule has 1 saturated heterocycles. The Hall–Kier alpha value is -1.06. The average molecular weight is 261 g/mol. The highest BCUT2D eigenvalue weighted by Crippen LogP contribution is 2.21. The summed E-state index contributed by atoms with van der Waals surface area (Å²) in [5, 5.41) is 0. The molecular weight excluding hydrogens is 234 g/mol. The normalized spacial score (nSPS) is 18.9. The van der Waals surface area contributed by atoms with Crippen LogP contribution >= 0.6 is 0 Å². The molecule has 2 rings (SSSR count). The fourth-order valence-corrected chi connectivity index (χ4v) is 2.66. The van der Waals surface area contributed by atoms with Crippen LogP contribution in [0.15, 0.2) is 24.3 Å². The minimum atomic E-state index is 0.173. The molecule has 1 aliphatic heterocycles. The molecule has 1 aromatic rings. The smallest absolute Gasteiger partial charge is 0.0367 e. The highest BCUT2D eigenvalue weighted by molar-refractivity contribution is 5.48. The van der Waals surface area contributed by atoms with E-state index in [1.807, 2.05) is 0 Å². The molecule has 0 bridgehead atoms. The van der Waals surface area contributed by atoms with Crippen molar-refractivity contribution < 1.29 is 0 Å². The molecule has 0 unspecified atom stereocenters. The van der Waals surface area contributed by atoms with Crippen LogP contribution in [0.3, 0.4) is 0 Å². The maximum atomic E-state index is 6.05. The predicted molar refractivity (Wildman–Crippen MR) is 82.6 cm³/mol. The van der Waals surface area contributed by atoms with Gasteiger partial charge in [0.05, 0.1) is 0 Å². The van der Waals surface area contributed by atoms with Gasteiger partial charge in [-0.05, 0) is 38.0 Å². The SMILES string of the molecule is CC[C@H](N)c1ccc(N2CCN(C(C)C)CC2)cc1. The van der Waals surface area contributed by atoms with Gasteiger partial charge >= 0.3 is 0 Å². The number of rotatable bonds is 4. The summed E-state index contributed by atoms with van der Waals surface area (Å²) in [4.78, 5) is 5.01. The van der Waals surface area contributed by atoms with Crippen LogP contribution in [0, 0.1) is 0 Å². The number of nitrogens with two attached hydrogens (primary N) is 1. The first-order chi connectivity index (χ1) is 9.11. The molecule has 106 valence electrons. The topological polar surface area (TPSA) is 32.5 Å². The Kier molecular flexibility index (Phi) is 4.83. The first-order valence-electron chi connectivity index (χ1n) is 7.46. The molecule has 1 atom stereocenters. The Morgan fingerprint density at radius 3 is 2.11 bits per heavy atom. The van der Waals surface area contributed by atoms with Gasteiger partial charge in [0.1, 0.15) is 0 Å². The van der Waals surface area contributed by atoms with Crippen molar-refractivity contribution in [3.8, 4) is 0 Å². The lowest BCUT2D eigenvalue weighted by Crippen LogP contribution is -2.48. The fraction of sp³-hybridized carbons (Fsp3) is 0.625. The van der Waals surface area contributed by atoms with Gasteiger partial charge in [-0.1, -0.05) is 19.1 Å². The number of hydrogen-bond donors (Lipinski definition) is 1. The molecule has 1 aromatic carbocycles. The van der Waals surface area contributed by atoms with Gasteiger partial charge in [-0.3, -0.25) is 4.90 Å². The Labute approximate surface area is 117 Å². The molecule has 0 spiro atoms. The fourth-order valence-electron chi connectivity index (χ4n) is 2.66. The molecule has 1 heterocycles. The molecule has 2 N–H and O–H groups in total. The molecule has 0 aromatic heterocycles. The summed E-state index contributed by atoms with van der Waals surface area (Å²) < 4.78 is 0. The van der Waals surface area contributed by atoms with Gasteiger partial charge in [0.2, 0.25) is 0 Å². The zero-order valence-electron chi connectivity index (χ0n) is 12.5. The van der Waals surface area contributed by atoms with Crippen LogP contribution < -0.4 is 10.6 Å². The van der Waals surface area contributed by atoms with Crippen molar-refractivity contribution in [2.75, 3.05) is 31.1 Å². The molecule has 1 fully saturated rings. The third-order valence-corrected chi connectivity index (χ3v) is 4.17. The van der Waals surface area contributed by atoms with Gasteiger partial charge in [-0.15, -0.1) is 0 Å². The standard InChI is InChI=1S/C16H27N3/c1-4-16(17)14-5-7-15(8-6-14)19-11-9-18(10-12-19)13(2)3/h5-8,13,16H,4,9-12,17H2,1-3H3/t16-/m0/s1. The molecule has 0 radical (unpaired) electrons. The number of piperazine rings is 1. The second-order valence-electron chi connectivity index (χ2n) is 5.72. The summed E-state index contributed by atoms with van der Waals surface area (Å²) in [6.07, 6.45) is 0.992. The number of anilines is 1. The van der Waals surface area contributed by atoms with Crippen LogP contribution in [-0.2, 0) is 0 Å². The Balaban J connectivity index is 1.96. The van der Waals surface area contributed by atoms with E-state index >= 15 is 0 Å². The lowest BCUT2D eigenvalue weighted by Gasteiger charge is -2.38. The first kappa shape index (κ1) is 14.4. The van der Waals surface area contributed by atoms with Crippen molar-refractivity contribution in [3.05, 3.63) is 29.8 Å². The minimum absolute atomic E-state index is 0.173. The minimum Gasteiger partial charge on any atom is -0.369 e. The van der Waals surface area contributed by atoms with Crippen molar-refractivity contribution in [3.63, 3.8) is 0 Å². The van der Waals surface area contributed by atoms with E-state index in [9.17, 15) is 0 Å². The van der Waals surface area contributed by atoms with Gasteiger partial charge in [-0.2, -0.15) is 0 Å². The summed E-state index contributed by atoms with van der Waals surface area (Å²) in [6, 6.07) is 9.63. The van der Waals surface area contributed by atoms with Crippen LogP contribution in [0.25, 0.3) is 0 Å². The summed E-state index contributed by atoms with van der Waals surface area (Å²) in [7, 11) is 0. The van der Waals surface area contributed by atoms with E-state index in [2.05, 4.69) is 54.8 Å². The van der Waals surface area contributed by atoms with E-state index < -0.39 is 0 Å². The van der Waals surface area contributed by atoms with Crippen LogP contribution in [-0.4, -0.2) is 37.1 Å². The lowest BCUT2D eigenvalue weighted by molar-refractivity contribution is 0.209. The van der Waals surface area contributed by atoms with Gasteiger partial charge in [0.25, 0.3) is 0 Å². The molecule has 0 amide bonds. The summed E-state index contributed by atoms with van der Waals surface area (Å²) in [6.45, 7) is 11.2. The zero-order valence-corrected chi connectivity index (χ0v) is 12.5.